The van der Waals surface area contributed by atoms with Gasteiger partial charge in [0.1, 0.15) is 0 Å². The molecule has 5 heteroatoms. The van der Waals surface area contributed by atoms with E-state index >= 15 is 0 Å². The zero-order chi connectivity index (χ0) is 14.4. The molecule has 2 aromatic rings. The molecule has 1 saturated heterocycles. The van der Waals surface area contributed by atoms with Crippen molar-refractivity contribution in [3.63, 3.8) is 0 Å². The van der Waals surface area contributed by atoms with E-state index in [2.05, 4.69) is 32.3 Å². The molecule has 1 N–H and O–H groups in total. The first-order valence-corrected chi connectivity index (χ1v) is 8.10. The lowest BCUT2D eigenvalue weighted by atomic mass is 10.1. The van der Waals surface area contributed by atoms with Crippen molar-refractivity contribution < 1.29 is 4.79 Å². The molecule has 2 fully saturated rings. The van der Waals surface area contributed by atoms with Crippen LogP contribution >= 0.6 is 15.9 Å². The molecule has 1 aliphatic carbocycles. The maximum absolute atomic E-state index is 12.0. The Hall–Kier alpha value is -1.62. The number of aromatic nitrogens is 1. The van der Waals surface area contributed by atoms with Gasteiger partial charge in [0.2, 0.25) is 5.91 Å². The van der Waals surface area contributed by atoms with Crippen molar-refractivity contribution in [3.05, 3.63) is 34.9 Å². The van der Waals surface area contributed by atoms with Crippen LogP contribution in [0.25, 0.3) is 10.9 Å². The Bertz CT molecular complexity index is 714. The van der Waals surface area contributed by atoms with E-state index in [0.29, 0.717) is 12.5 Å². The van der Waals surface area contributed by atoms with Crippen LogP contribution in [0.4, 0.5) is 5.69 Å². The number of rotatable bonds is 3. The van der Waals surface area contributed by atoms with Gasteiger partial charge >= 0.3 is 0 Å². The number of hydrogen-bond donors (Lipinski definition) is 1. The molecule has 1 amide bonds. The van der Waals surface area contributed by atoms with Gasteiger partial charge in [-0.2, -0.15) is 0 Å². The summed E-state index contributed by atoms with van der Waals surface area (Å²) in [5.74, 6) is 0.288. The summed E-state index contributed by atoms with van der Waals surface area (Å²) < 4.78 is 1.02. The number of nitrogens with zero attached hydrogens (tertiary/aromatic N) is 2. The molecule has 2 aliphatic rings. The van der Waals surface area contributed by atoms with E-state index in [1.54, 1.807) is 0 Å². The number of fused-ring (bicyclic) bond motifs is 1. The summed E-state index contributed by atoms with van der Waals surface area (Å²) in [6.45, 7) is 0.823. The molecule has 108 valence electrons. The average Bonchev–Trinajstić information content (AvgIpc) is 3.23. The molecule has 0 spiro atoms. The smallest absolute Gasteiger partial charge is 0.225 e. The van der Waals surface area contributed by atoms with Crippen molar-refractivity contribution in [2.24, 2.45) is 0 Å². The van der Waals surface area contributed by atoms with E-state index < -0.39 is 0 Å². The molecule has 0 bridgehead atoms. The lowest BCUT2D eigenvalue weighted by molar-refractivity contribution is -0.128. The molecule has 1 aliphatic heterocycles. The highest BCUT2D eigenvalue weighted by Gasteiger charge is 2.39. The molecule has 1 saturated carbocycles. The van der Waals surface area contributed by atoms with Gasteiger partial charge in [-0.15, -0.1) is 0 Å². The van der Waals surface area contributed by atoms with Crippen LogP contribution in [0, 0.1) is 0 Å². The van der Waals surface area contributed by atoms with E-state index in [4.69, 9.17) is 0 Å². The maximum atomic E-state index is 12.0. The Labute approximate surface area is 131 Å². The second-order valence-electron chi connectivity index (χ2n) is 5.84. The van der Waals surface area contributed by atoms with Gasteiger partial charge in [-0.1, -0.05) is 15.9 Å². The summed E-state index contributed by atoms with van der Waals surface area (Å²) in [6, 6.07) is 8.79. The number of likely N-dealkylation sites (tertiary alicyclic amines) is 1. The predicted molar refractivity (Wildman–Crippen MR) is 86.2 cm³/mol. The van der Waals surface area contributed by atoms with Gasteiger partial charge in [-0.25, -0.2) is 0 Å². The minimum atomic E-state index is 0.201. The van der Waals surface area contributed by atoms with Crippen molar-refractivity contribution in [1.29, 1.82) is 0 Å². The topological polar surface area (TPSA) is 45.2 Å². The zero-order valence-electron chi connectivity index (χ0n) is 11.6. The van der Waals surface area contributed by atoms with Crippen LogP contribution in [-0.2, 0) is 4.79 Å². The molecule has 4 rings (SSSR count). The first-order chi connectivity index (χ1) is 10.2. The standard InChI is InChI=1S/C16H16BrN3O/c17-10-1-4-13-14(5-6-18-15(13)7-10)19-11-8-16(21)20(9-11)12-2-3-12/h1,4-7,11-12H,2-3,8-9H2,(H,18,19). The molecule has 1 aromatic carbocycles. The van der Waals surface area contributed by atoms with E-state index in [0.717, 1.165) is 27.6 Å². The monoisotopic (exact) mass is 345 g/mol. The molecule has 2 heterocycles. The summed E-state index contributed by atoms with van der Waals surface area (Å²) in [6.07, 6.45) is 4.75. The van der Waals surface area contributed by atoms with Gasteiger partial charge < -0.3 is 10.2 Å². The quantitative estimate of drug-likeness (QED) is 0.929. The molecule has 0 radical (unpaired) electrons. The van der Waals surface area contributed by atoms with Crippen LogP contribution in [-0.4, -0.2) is 34.4 Å². The van der Waals surface area contributed by atoms with E-state index in [-0.39, 0.29) is 11.9 Å². The third kappa shape index (κ3) is 2.50. The zero-order valence-corrected chi connectivity index (χ0v) is 13.1. The van der Waals surface area contributed by atoms with Gasteiger partial charge in [-0.05, 0) is 37.1 Å². The van der Waals surface area contributed by atoms with Crippen molar-refractivity contribution >= 4 is 38.4 Å². The summed E-state index contributed by atoms with van der Waals surface area (Å²) in [5.41, 5.74) is 2.01. The average molecular weight is 346 g/mol. The number of pyridine rings is 1. The molecule has 4 nitrogen and oxygen atoms in total. The van der Waals surface area contributed by atoms with Gasteiger partial charge in [0.25, 0.3) is 0 Å². The summed E-state index contributed by atoms with van der Waals surface area (Å²) in [4.78, 5) is 18.5. The molecule has 1 unspecified atom stereocenters. The third-order valence-corrected chi connectivity index (χ3v) is 4.70. The molecule has 21 heavy (non-hydrogen) atoms. The van der Waals surface area contributed by atoms with Crippen molar-refractivity contribution in [3.8, 4) is 0 Å². The van der Waals surface area contributed by atoms with E-state index in [9.17, 15) is 4.79 Å². The SMILES string of the molecule is O=C1CC(Nc2ccnc3cc(Br)ccc23)CN1C1CC1. The van der Waals surface area contributed by atoms with Gasteiger partial charge in [-0.3, -0.25) is 9.78 Å². The van der Waals surface area contributed by atoms with Crippen molar-refractivity contribution in [2.75, 3.05) is 11.9 Å². The third-order valence-electron chi connectivity index (χ3n) is 4.21. The number of nitrogens with one attached hydrogen (secondary N) is 1. The first kappa shape index (κ1) is 13.1. The maximum Gasteiger partial charge on any atom is 0.225 e. The summed E-state index contributed by atoms with van der Waals surface area (Å²) in [7, 11) is 0. The number of halogens is 1. The van der Waals surface area contributed by atoms with Gasteiger partial charge in [0.05, 0.1) is 11.6 Å². The molecule has 1 atom stereocenters. The summed E-state index contributed by atoms with van der Waals surface area (Å²) >= 11 is 3.47. The molecular formula is C16H16BrN3O. The fourth-order valence-electron chi connectivity index (χ4n) is 3.03. The minimum absolute atomic E-state index is 0.201. The Morgan fingerprint density at radius 1 is 1.29 bits per heavy atom. The summed E-state index contributed by atoms with van der Waals surface area (Å²) in [5, 5.41) is 4.62. The van der Waals surface area contributed by atoms with E-state index in [1.807, 2.05) is 29.3 Å². The van der Waals surface area contributed by atoms with Crippen molar-refractivity contribution in [2.45, 2.75) is 31.3 Å². The highest BCUT2D eigenvalue weighted by molar-refractivity contribution is 9.10. The van der Waals surface area contributed by atoms with Crippen LogP contribution in [0.5, 0.6) is 0 Å². The second kappa shape index (κ2) is 4.98. The Balaban J connectivity index is 1.58. The Kier molecular flexibility index (Phi) is 3.10. The van der Waals surface area contributed by atoms with Crippen LogP contribution in [0.3, 0.4) is 0 Å². The Morgan fingerprint density at radius 2 is 2.14 bits per heavy atom. The largest absolute Gasteiger partial charge is 0.379 e. The Morgan fingerprint density at radius 3 is 2.95 bits per heavy atom. The highest BCUT2D eigenvalue weighted by Crippen LogP contribution is 2.32. The fraction of sp³-hybridized carbons (Fsp3) is 0.375. The molecular weight excluding hydrogens is 330 g/mol. The number of benzene rings is 1. The van der Waals surface area contributed by atoms with Crippen LogP contribution in [0.2, 0.25) is 0 Å². The number of amides is 1. The van der Waals surface area contributed by atoms with Crippen LogP contribution < -0.4 is 5.32 Å². The number of carbonyl (C=O) groups excluding carboxylic acids is 1. The number of carbonyl (C=O) groups is 1. The van der Waals surface area contributed by atoms with Crippen LogP contribution in [0.1, 0.15) is 19.3 Å². The predicted octanol–water partition coefficient (Wildman–Crippen LogP) is 3.17. The second-order valence-corrected chi connectivity index (χ2v) is 6.76. The van der Waals surface area contributed by atoms with Gasteiger partial charge in [0.15, 0.2) is 0 Å². The van der Waals surface area contributed by atoms with Gasteiger partial charge in [0, 0.05) is 40.8 Å². The van der Waals surface area contributed by atoms with Crippen LogP contribution in [0.15, 0.2) is 34.9 Å². The van der Waals surface area contributed by atoms with E-state index in [1.165, 1.54) is 12.8 Å². The lowest BCUT2D eigenvalue weighted by Crippen LogP contribution is -2.29. The first-order valence-electron chi connectivity index (χ1n) is 7.31. The number of anilines is 1. The lowest BCUT2D eigenvalue weighted by Gasteiger charge is -2.17. The minimum Gasteiger partial charge on any atom is -0.379 e. The van der Waals surface area contributed by atoms with Crippen molar-refractivity contribution in [1.82, 2.24) is 9.88 Å². The molecule has 1 aromatic heterocycles. The number of hydrogen-bond acceptors (Lipinski definition) is 3. The fourth-order valence-corrected chi connectivity index (χ4v) is 3.38. The highest BCUT2D eigenvalue weighted by atomic mass is 79.9. The normalized spacial score (nSPS) is 22.0.